The number of piperidine rings is 1. The second-order valence-corrected chi connectivity index (χ2v) is 6.91. The number of ether oxygens (including phenoxy) is 1. The van der Waals surface area contributed by atoms with Crippen molar-refractivity contribution in [2.75, 3.05) is 20.2 Å². The van der Waals surface area contributed by atoms with Crippen LogP contribution in [0.15, 0.2) is 22.7 Å². The molecule has 4 heteroatoms. The first-order chi connectivity index (χ1) is 9.38. The monoisotopic (exact) mass is 342 g/mol. The molecule has 1 aromatic rings. The lowest BCUT2D eigenvalue weighted by Crippen LogP contribution is -3.15. The molecule has 112 valence electrons. The van der Waals surface area contributed by atoms with E-state index < -0.39 is 5.60 Å². The smallest absolute Gasteiger partial charge is 0.119 e. The lowest BCUT2D eigenvalue weighted by atomic mass is 9.74. The highest BCUT2D eigenvalue weighted by molar-refractivity contribution is 9.10. The van der Waals surface area contributed by atoms with Crippen LogP contribution in [0.5, 0.6) is 5.75 Å². The predicted octanol–water partition coefficient (Wildman–Crippen LogP) is 1.98. The summed E-state index contributed by atoms with van der Waals surface area (Å²) in [6.45, 7) is 7.92. The first kappa shape index (κ1) is 15.8. The Labute approximate surface area is 130 Å². The Morgan fingerprint density at radius 1 is 1.45 bits per heavy atom. The number of likely N-dealkylation sites (tertiary alicyclic amines) is 1. The quantitative estimate of drug-likeness (QED) is 0.880. The fourth-order valence-corrected chi connectivity index (χ4v) is 3.75. The zero-order valence-electron chi connectivity index (χ0n) is 12.7. The van der Waals surface area contributed by atoms with Crippen molar-refractivity contribution in [3.05, 3.63) is 28.2 Å². The number of hydrogen-bond acceptors (Lipinski definition) is 2. The largest absolute Gasteiger partial charge is 0.494 e. The highest BCUT2D eigenvalue weighted by Crippen LogP contribution is 2.40. The second kappa shape index (κ2) is 6.04. The number of aliphatic hydroxyl groups is 1. The van der Waals surface area contributed by atoms with Crippen LogP contribution in [0.1, 0.15) is 32.8 Å². The van der Waals surface area contributed by atoms with Crippen LogP contribution < -0.4 is 9.64 Å². The van der Waals surface area contributed by atoms with Crippen LogP contribution in [0.2, 0.25) is 0 Å². The standard InChI is InChI=1S/C16H24BrNO2/c1-5-20-13-6-7-15(17)14(8-13)16(19)9-12(3)18(4)10-11(16)2/h6-8,11-12,19H,5,9-10H2,1-4H3/p+1/t11-,12+,16-/m0/s1. The van der Waals surface area contributed by atoms with E-state index in [0.717, 1.165) is 28.8 Å². The van der Waals surface area contributed by atoms with Crippen molar-refractivity contribution in [2.24, 2.45) is 5.92 Å². The van der Waals surface area contributed by atoms with E-state index in [4.69, 9.17) is 4.74 Å². The van der Waals surface area contributed by atoms with Gasteiger partial charge in [-0.25, -0.2) is 0 Å². The van der Waals surface area contributed by atoms with Crippen LogP contribution in [0.3, 0.4) is 0 Å². The number of hydrogen-bond donors (Lipinski definition) is 2. The number of quaternary nitrogens is 1. The van der Waals surface area contributed by atoms with Gasteiger partial charge in [0.25, 0.3) is 0 Å². The summed E-state index contributed by atoms with van der Waals surface area (Å²) in [4.78, 5) is 1.49. The normalized spacial score (nSPS) is 34.0. The molecule has 1 heterocycles. The van der Waals surface area contributed by atoms with Crippen LogP contribution >= 0.6 is 15.9 Å². The Morgan fingerprint density at radius 3 is 2.80 bits per heavy atom. The predicted molar refractivity (Wildman–Crippen MR) is 84.2 cm³/mol. The molecule has 4 atom stereocenters. The van der Waals surface area contributed by atoms with Crippen LogP contribution in [-0.2, 0) is 5.60 Å². The molecule has 2 rings (SSSR count). The first-order valence-corrected chi connectivity index (χ1v) is 8.15. The van der Waals surface area contributed by atoms with Gasteiger partial charge in [-0.05, 0) is 32.0 Å². The molecule has 0 amide bonds. The summed E-state index contributed by atoms with van der Waals surface area (Å²) < 4.78 is 6.54. The van der Waals surface area contributed by atoms with Gasteiger partial charge in [-0.1, -0.05) is 22.9 Å². The van der Waals surface area contributed by atoms with Gasteiger partial charge in [0.15, 0.2) is 0 Å². The van der Waals surface area contributed by atoms with Crippen LogP contribution in [-0.4, -0.2) is 31.3 Å². The minimum absolute atomic E-state index is 0.215. The molecular formula is C16H25BrNO2+. The Bertz CT molecular complexity index is 480. The van der Waals surface area contributed by atoms with E-state index in [1.807, 2.05) is 25.1 Å². The molecule has 3 nitrogen and oxygen atoms in total. The summed E-state index contributed by atoms with van der Waals surface area (Å²) in [6, 6.07) is 6.34. The van der Waals surface area contributed by atoms with Crippen molar-refractivity contribution in [1.82, 2.24) is 0 Å². The third-order valence-electron chi connectivity index (χ3n) is 4.62. The SMILES string of the molecule is CCOc1ccc(Br)c([C@]2(O)C[C@@H](C)[NH+](C)C[C@@H]2C)c1. The van der Waals surface area contributed by atoms with E-state index >= 15 is 0 Å². The van der Waals surface area contributed by atoms with Crippen LogP contribution in [0, 0.1) is 5.92 Å². The van der Waals surface area contributed by atoms with Crippen molar-refractivity contribution in [3.8, 4) is 5.75 Å². The van der Waals surface area contributed by atoms with Crippen LogP contribution in [0.4, 0.5) is 0 Å². The Balaban J connectivity index is 2.40. The van der Waals surface area contributed by atoms with Crippen LogP contribution in [0.25, 0.3) is 0 Å². The molecule has 0 bridgehead atoms. The molecule has 1 aliphatic heterocycles. The minimum atomic E-state index is -0.787. The molecule has 1 fully saturated rings. The van der Waals surface area contributed by atoms with Crippen molar-refractivity contribution < 1.29 is 14.7 Å². The topological polar surface area (TPSA) is 33.9 Å². The van der Waals surface area contributed by atoms with E-state index in [9.17, 15) is 5.11 Å². The first-order valence-electron chi connectivity index (χ1n) is 7.36. The van der Waals surface area contributed by atoms with Gasteiger partial charge in [0, 0.05) is 22.4 Å². The fraction of sp³-hybridized carbons (Fsp3) is 0.625. The summed E-state index contributed by atoms with van der Waals surface area (Å²) in [5.74, 6) is 1.04. The maximum atomic E-state index is 11.3. The summed E-state index contributed by atoms with van der Waals surface area (Å²) in [5, 5.41) is 11.3. The van der Waals surface area contributed by atoms with Gasteiger partial charge in [-0.15, -0.1) is 0 Å². The molecule has 0 saturated carbocycles. The molecule has 0 aromatic heterocycles. The highest BCUT2D eigenvalue weighted by Gasteiger charge is 2.45. The van der Waals surface area contributed by atoms with Gasteiger partial charge in [-0.3, -0.25) is 0 Å². The van der Waals surface area contributed by atoms with Gasteiger partial charge < -0.3 is 14.7 Å². The Hall–Kier alpha value is -0.580. The molecule has 0 aliphatic carbocycles. The average molecular weight is 343 g/mol. The van der Waals surface area contributed by atoms with E-state index in [0.29, 0.717) is 12.6 Å². The molecule has 1 aromatic carbocycles. The van der Waals surface area contributed by atoms with Gasteiger partial charge in [0.2, 0.25) is 0 Å². The van der Waals surface area contributed by atoms with Crippen molar-refractivity contribution >= 4 is 15.9 Å². The molecule has 1 saturated heterocycles. The van der Waals surface area contributed by atoms with E-state index in [1.165, 1.54) is 4.90 Å². The maximum Gasteiger partial charge on any atom is 0.119 e. The number of halogens is 1. The minimum Gasteiger partial charge on any atom is -0.494 e. The molecule has 0 radical (unpaired) electrons. The number of rotatable bonds is 3. The van der Waals surface area contributed by atoms with Crippen molar-refractivity contribution in [2.45, 2.75) is 38.8 Å². The second-order valence-electron chi connectivity index (χ2n) is 6.06. The zero-order chi connectivity index (χ0) is 14.9. The third-order valence-corrected chi connectivity index (χ3v) is 5.31. The molecule has 20 heavy (non-hydrogen) atoms. The lowest BCUT2D eigenvalue weighted by Gasteiger charge is -2.44. The number of nitrogens with one attached hydrogen (secondary N) is 1. The fourth-order valence-electron chi connectivity index (χ4n) is 3.16. The number of benzene rings is 1. The Morgan fingerprint density at radius 2 is 2.15 bits per heavy atom. The summed E-state index contributed by atoms with van der Waals surface area (Å²) in [6.07, 6.45) is 0.772. The molecule has 0 spiro atoms. The van der Waals surface area contributed by atoms with Gasteiger partial charge in [-0.2, -0.15) is 0 Å². The molecule has 1 unspecified atom stereocenters. The highest BCUT2D eigenvalue weighted by atomic mass is 79.9. The lowest BCUT2D eigenvalue weighted by molar-refractivity contribution is -0.916. The van der Waals surface area contributed by atoms with Crippen molar-refractivity contribution in [1.29, 1.82) is 0 Å². The third kappa shape index (κ3) is 2.87. The molecular weight excluding hydrogens is 318 g/mol. The van der Waals surface area contributed by atoms with E-state index in [-0.39, 0.29) is 5.92 Å². The van der Waals surface area contributed by atoms with Crippen molar-refractivity contribution in [3.63, 3.8) is 0 Å². The van der Waals surface area contributed by atoms with Gasteiger partial charge in [0.1, 0.15) is 11.4 Å². The van der Waals surface area contributed by atoms with Gasteiger partial charge >= 0.3 is 0 Å². The summed E-state index contributed by atoms with van der Waals surface area (Å²) in [7, 11) is 2.20. The molecule has 2 N–H and O–H groups in total. The zero-order valence-corrected chi connectivity index (χ0v) is 14.3. The van der Waals surface area contributed by atoms with E-state index in [1.54, 1.807) is 0 Å². The average Bonchev–Trinajstić information content (AvgIpc) is 2.39. The molecule has 1 aliphatic rings. The Kier molecular flexibility index (Phi) is 4.77. The summed E-state index contributed by atoms with van der Waals surface area (Å²) >= 11 is 3.59. The van der Waals surface area contributed by atoms with Gasteiger partial charge in [0.05, 0.1) is 26.2 Å². The summed E-state index contributed by atoms with van der Waals surface area (Å²) in [5.41, 5.74) is 0.167. The maximum absolute atomic E-state index is 11.3. The van der Waals surface area contributed by atoms with E-state index in [2.05, 4.69) is 36.8 Å².